The zero-order chi connectivity index (χ0) is 16.4. The Hall–Kier alpha value is -3.39. The fourth-order valence-corrected chi connectivity index (χ4v) is 2.48. The van der Waals surface area contributed by atoms with Crippen molar-refractivity contribution in [2.24, 2.45) is 0 Å². The van der Waals surface area contributed by atoms with Gasteiger partial charge in [-0.3, -0.25) is 0 Å². The first kappa shape index (κ1) is 14.5. The van der Waals surface area contributed by atoms with E-state index in [2.05, 4.69) is 16.0 Å². The fraction of sp³-hybridized carbons (Fsp3) is 0.0556. The minimum Gasteiger partial charge on any atom is -0.382 e. The van der Waals surface area contributed by atoms with E-state index in [0.717, 1.165) is 16.7 Å². The molecular weight excluding hydrogens is 286 g/mol. The number of nitrogens with two attached hydrogens (primary N) is 2. The normalized spacial score (nSPS) is 10.3. The molecule has 112 valence electrons. The van der Waals surface area contributed by atoms with E-state index in [-0.39, 0.29) is 17.3 Å². The largest absolute Gasteiger partial charge is 0.382 e. The summed E-state index contributed by atoms with van der Waals surface area (Å²) in [5, 5.41) is 9.40. The predicted molar refractivity (Wildman–Crippen MR) is 91.2 cm³/mol. The van der Waals surface area contributed by atoms with Crippen LogP contribution in [-0.2, 0) is 0 Å². The van der Waals surface area contributed by atoms with Crippen molar-refractivity contribution in [1.82, 2.24) is 9.97 Å². The zero-order valence-corrected chi connectivity index (χ0v) is 12.6. The maximum absolute atomic E-state index is 9.40. The molecule has 0 fully saturated rings. The van der Waals surface area contributed by atoms with Gasteiger partial charge in [0.1, 0.15) is 17.5 Å². The van der Waals surface area contributed by atoms with Gasteiger partial charge in [-0.2, -0.15) is 10.2 Å². The summed E-state index contributed by atoms with van der Waals surface area (Å²) in [4.78, 5) is 8.11. The number of benzene rings is 2. The van der Waals surface area contributed by atoms with Crippen molar-refractivity contribution in [2.75, 3.05) is 11.5 Å². The van der Waals surface area contributed by atoms with E-state index in [1.165, 1.54) is 5.56 Å². The molecule has 1 aromatic heterocycles. The van der Waals surface area contributed by atoms with Crippen LogP contribution in [0.1, 0.15) is 11.1 Å². The number of hydrogen-bond donors (Lipinski definition) is 2. The summed E-state index contributed by atoms with van der Waals surface area (Å²) < 4.78 is 0. The Morgan fingerprint density at radius 3 is 2.22 bits per heavy atom. The highest BCUT2D eigenvalue weighted by Gasteiger charge is 2.16. The molecule has 0 aliphatic carbocycles. The molecule has 1 heterocycles. The van der Waals surface area contributed by atoms with Crippen molar-refractivity contribution in [3.05, 3.63) is 59.7 Å². The molecular formula is C18H15N5. The van der Waals surface area contributed by atoms with Gasteiger partial charge in [0.05, 0.1) is 5.69 Å². The molecule has 0 spiro atoms. The number of aryl methyl sites for hydroxylation is 1. The van der Waals surface area contributed by atoms with Crippen LogP contribution in [-0.4, -0.2) is 9.97 Å². The fourth-order valence-electron chi connectivity index (χ4n) is 2.48. The number of nitrogens with zero attached hydrogens (tertiary/aromatic N) is 3. The van der Waals surface area contributed by atoms with E-state index in [4.69, 9.17) is 11.5 Å². The van der Waals surface area contributed by atoms with Gasteiger partial charge >= 0.3 is 0 Å². The molecule has 23 heavy (non-hydrogen) atoms. The first-order chi connectivity index (χ1) is 11.1. The first-order valence-corrected chi connectivity index (χ1v) is 7.09. The van der Waals surface area contributed by atoms with Crippen LogP contribution >= 0.6 is 0 Å². The van der Waals surface area contributed by atoms with Crippen LogP contribution in [0.15, 0.2) is 48.5 Å². The smallest absolute Gasteiger partial charge is 0.222 e. The van der Waals surface area contributed by atoms with Gasteiger partial charge in [0.2, 0.25) is 5.95 Å². The molecule has 0 saturated carbocycles. The third-order valence-corrected chi connectivity index (χ3v) is 3.61. The second-order valence-corrected chi connectivity index (χ2v) is 5.21. The lowest BCUT2D eigenvalue weighted by Crippen LogP contribution is -2.05. The summed E-state index contributed by atoms with van der Waals surface area (Å²) in [6, 6.07) is 17.9. The third-order valence-electron chi connectivity index (χ3n) is 3.61. The SMILES string of the molecule is Cc1ccc(-c2ccccc2-c2nc(N)nc(N)c2C#N)cc1. The molecule has 3 rings (SSSR count). The van der Waals surface area contributed by atoms with Crippen molar-refractivity contribution in [3.63, 3.8) is 0 Å². The Morgan fingerprint density at radius 1 is 0.913 bits per heavy atom. The highest BCUT2D eigenvalue weighted by Crippen LogP contribution is 2.34. The monoisotopic (exact) mass is 301 g/mol. The van der Waals surface area contributed by atoms with E-state index < -0.39 is 0 Å². The van der Waals surface area contributed by atoms with Crippen LogP contribution in [0.25, 0.3) is 22.4 Å². The van der Waals surface area contributed by atoms with Gasteiger partial charge in [-0.15, -0.1) is 0 Å². The molecule has 0 aliphatic heterocycles. The predicted octanol–water partition coefficient (Wildman–Crippen LogP) is 3.16. The van der Waals surface area contributed by atoms with Crippen LogP contribution < -0.4 is 11.5 Å². The van der Waals surface area contributed by atoms with E-state index in [1.807, 2.05) is 55.5 Å². The summed E-state index contributed by atoms with van der Waals surface area (Å²) in [5.74, 6) is 0.143. The molecule has 0 bridgehead atoms. The van der Waals surface area contributed by atoms with Crippen LogP contribution in [0, 0.1) is 18.3 Å². The Bertz CT molecular complexity index is 908. The lowest BCUT2D eigenvalue weighted by Gasteiger charge is -2.12. The molecule has 0 unspecified atom stereocenters. The maximum Gasteiger partial charge on any atom is 0.222 e. The van der Waals surface area contributed by atoms with Gasteiger partial charge in [0.15, 0.2) is 0 Å². The van der Waals surface area contributed by atoms with Gasteiger partial charge in [-0.25, -0.2) is 4.98 Å². The summed E-state index contributed by atoms with van der Waals surface area (Å²) in [6.45, 7) is 2.04. The minimum absolute atomic E-state index is 0.0511. The van der Waals surface area contributed by atoms with E-state index >= 15 is 0 Å². The average Bonchev–Trinajstić information content (AvgIpc) is 2.55. The summed E-state index contributed by atoms with van der Waals surface area (Å²) in [6.07, 6.45) is 0. The Labute approximate surface area is 134 Å². The molecule has 0 amide bonds. The quantitative estimate of drug-likeness (QED) is 0.757. The van der Waals surface area contributed by atoms with Crippen molar-refractivity contribution in [2.45, 2.75) is 6.92 Å². The standard InChI is InChI=1S/C18H15N5/c1-11-6-8-12(9-7-11)13-4-2-3-5-14(13)16-15(10-19)17(20)23-18(21)22-16/h2-9H,1H3,(H4,20,21,22,23). The van der Waals surface area contributed by atoms with E-state index in [9.17, 15) is 5.26 Å². The number of hydrogen-bond acceptors (Lipinski definition) is 5. The van der Waals surface area contributed by atoms with E-state index in [1.54, 1.807) is 0 Å². The summed E-state index contributed by atoms with van der Waals surface area (Å²) in [7, 11) is 0. The van der Waals surface area contributed by atoms with Crippen molar-refractivity contribution in [3.8, 4) is 28.5 Å². The molecule has 3 aromatic rings. The van der Waals surface area contributed by atoms with Crippen LogP contribution in [0.2, 0.25) is 0 Å². The van der Waals surface area contributed by atoms with E-state index in [0.29, 0.717) is 5.69 Å². The number of anilines is 2. The van der Waals surface area contributed by atoms with Crippen molar-refractivity contribution >= 4 is 11.8 Å². The first-order valence-electron chi connectivity index (χ1n) is 7.09. The van der Waals surface area contributed by atoms with Crippen molar-refractivity contribution < 1.29 is 0 Å². The Balaban J connectivity index is 2.27. The lowest BCUT2D eigenvalue weighted by molar-refractivity contribution is 1.18. The molecule has 5 nitrogen and oxygen atoms in total. The molecule has 4 N–H and O–H groups in total. The number of nitriles is 1. The van der Waals surface area contributed by atoms with Crippen LogP contribution in [0.4, 0.5) is 11.8 Å². The highest BCUT2D eigenvalue weighted by molar-refractivity contribution is 5.86. The van der Waals surface area contributed by atoms with Gasteiger partial charge in [-0.1, -0.05) is 54.1 Å². The van der Waals surface area contributed by atoms with Crippen molar-refractivity contribution in [1.29, 1.82) is 5.26 Å². The third kappa shape index (κ3) is 2.70. The minimum atomic E-state index is 0.0511. The van der Waals surface area contributed by atoms with Gasteiger partial charge < -0.3 is 11.5 Å². The molecule has 2 aromatic carbocycles. The Morgan fingerprint density at radius 2 is 1.57 bits per heavy atom. The summed E-state index contributed by atoms with van der Waals surface area (Å²) in [5.41, 5.74) is 16.2. The molecule has 0 saturated heterocycles. The molecule has 0 atom stereocenters. The second-order valence-electron chi connectivity index (χ2n) is 5.21. The number of nitrogen functional groups attached to an aromatic ring is 2. The van der Waals surface area contributed by atoms with Crippen LogP contribution in [0.3, 0.4) is 0 Å². The number of rotatable bonds is 2. The average molecular weight is 301 g/mol. The zero-order valence-electron chi connectivity index (χ0n) is 12.6. The Kier molecular flexibility index (Phi) is 3.65. The van der Waals surface area contributed by atoms with Gasteiger partial charge in [-0.05, 0) is 18.1 Å². The van der Waals surface area contributed by atoms with Crippen LogP contribution in [0.5, 0.6) is 0 Å². The molecule has 0 aliphatic rings. The maximum atomic E-state index is 9.40. The molecule has 0 radical (unpaired) electrons. The van der Waals surface area contributed by atoms with Gasteiger partial charge in [0, 0.05) is 5.56 Å². The summed E-state index contributed by atoms with van der Waals surface area (Å²) >= 11 is 0. The van der Waals surface area contributed by atoms with Gasteiger partial charge in [0.25, 0.3) is 0 Å². The lowest BCUT2D eigenvalue weighted by atomic mass is 9.95. The number of aromatic nitrogens is 2. The molecule has 5 heteroatoms. The highest BCUT2D eigenvalue weighted by atomic mass is 15.0. The second kappa shape index (κ2) is 5.78. The topological polar surface area (TPSA) is 102 Å².